The molecule has 1 aliphatic heterocycles. The van der Waals surface area contributed by atoms with Gasteiger partial charge in [0.05, 0.1) is 5.52 Å². The average Bonchev–Trinajstić information content (AvgIpc) is 2.79. The van der Waals surface area contributed by atoms with Gasteiger partial charge in [0.1, 0.15) is 5.75 Å². The van der Waals surface area contributed by atoms with E-state index in [9.17, 15) is 4.79 Å². The second-order valence-corrected chi connectivity index (χ2v) is 8.74. The number of nitrogens with zero attached hydrogens (tertiary/aromatic N) is 2. The third kappa shape index (κ3) is 4.85. The number of fused-ring (bicyclic) bond motifs is 1. The van der Waals surface area contributed by atoms with E-state index in [4.69, 9.17) is 16.3 Å². The summed E-state index contributed by atoms with van der Waals surface area (Å²) in [6.45, 7) is 5.72. The first-order chi connectivity index (χ1) is 15.1. The fraction of sp³-hybridized carbons (Fsp3) is 0.385. The van der Waals surface area contributed by atoms with E-state index >= 15 is 0 Å². The van der Waals surface area contributed by atoms with Crippen molar-refractivity contribution >= 4 is 28.4 Å². The van der Waals surface area contributed by atoms with Gasteiger partial charge in [0.2, 0.25) is 0 Å². The van der Waals surface area contributed by atoms with Crippen LogP contribution in [0.25, 0.3) is 22.0 Å². The molecule has 0 bridgehead atoms. The fourth-order valence-electron chi connectivity index (χ4n) is 4.48. The number of carbonyl (C=O) groups excluding carboxylic acids is 1. The Kier molecular flexibility index (Phi) is 6.77. The quantitative estimate of drug-likeness (QED) is 0.451. The molecule has 1 fully saturated rings. The standard InChI is InChI=1S/C26H29ClN2O2/c1-3-6-19-12-15-29(16-13-19)26(30)18(2)31-20-9-10-23-21(11-14-28-25(23)17-20)22-7-4-5-8-24(22)27/h4-5,7-11,14,17-19H,3,6,12-13,15-16H2,1-2H3. The first-order valence-electron chi connectivity index (χ1n) is 11.2. The van der Waals surface area contributed by atoms with Crippen molar-refractivity contribution in [1.82, 2.24) is 9.88 Å². The monoisotopic (exact) mass is 436 g/mol. The van der Waals surface area contributed by atoms with Crippen LogP contribution in [0.4, 0.5) is 0 Å². The van der Waals surface area contributed by atoms with Crippen LogP contribution in [-0.2, 0) is 4.79 Å². The number of aromatic nitrogens is 1. The van der Waals surface area contributed by atoms with Gasteiger partial charge < -0.3 is 9.64 Å². The minimum absolute atomic E-state index is 0.0628. The van der Waals surface area contributed by atoms with Gasteiger partial charge in [0.25, 0.3) is 5.91 Å². The van der Waals surface area contributed by atoms with E-state index in [-0.39, 0.29) is 5.91 Å². The Morgan fingerprint density at radius 2 is 1.94 bits per heavy atom. The molecule has 0 spiro atoms. The number of halogens is 1. The molecule has 1 aliphatic rings. The Morgan fingerprint density at radius 3 is 2.68 bits per heavy atom. The van der Waals surface area contributed by atoms with E-state index in [1.807, 2.05) is 60.4 Å². The molecule has 2 aromatic carbocycles. The molecule has 162 valence electrons. The molecule has 0 aliphatic carbocycles. The molecule has 1 aromatic heterocycles. The second kappa shape index (κ2) is 9.69. The van der Waals surface area contributed by atoms with Crippen molar-refractivity contribution in [2.75, 3.05) is 13.1 Å². The maximum Gasteiger partial charge on any atom is 0.263 e. The molecule has 4 nitrogen and oxygen atoms in total. The van der Waals surface area contributed by atoms with Crippen LogP contribution in [-0.4, -0.2) is 35.0 Å². The van der Waals surface area contributed by atoms with Gasteiger partial charge in [-0.15, -0.1) is 0 Å². The number of ether oxygens (including phenoxy) is 1. The van der Waals surface area contributed by atoms with Crippen molar-refractivity contribution < 1.29 is 9.53 Å². The zero-order valence-corrected chi connectivity index (χ0v) is 18.9. The molecule has 1 amide bonds. The van der Waals surface area contributed by atoms with E-state index in [2.05, 4.69) is 11.9 Å². The zero-order valence-electron chi connectivity index (χ0n) is 18.2. The summed E-state index contributed by atoms with van der Waals surface area (Å²) in [4.78, 5) is 19.3. The van der Waals surface area contributed by atoms with Crippen molar-refractivity contribution in [2.24, 2.45) is 5.92 Å². The molecule has 31 heavy (non-hydrogen) atoms. The minimum atomic E-state index is -0.521. The zero-order chi connectivity index (χ0) is 21.8. The molecule has 0 saturated carbocycles. The van der Waals surface area contributed by atoms with Crippen LogP contribution in [0, 0.1) is 5.92 Å². The molecule has 3 aromatic rings. The highest BCUT2D eigenvalue weighted by molar-refractivity contribution is 6.33. The summed E-state index contributed by atoms with van der Waals surface area (Å²) in [5.41, 5.74) is 2.82. The SMILES string of the molecule is CCCC1CCN(C(=O)C(C)Oc2ccc3c(-c4ccccc4Cl)ccnc3c2)CC1. The van der Waals surface area contributed by atoms with Crippen LogP contribution in [0.3, 0.4) is 0 Å². The molecule has 1 atom stereocenters. The first-order valence-corrected chi connectivity index (χ1v) is 11.5. The van der Waals surface area contributed by atoms with E-state index in [0.717, 1.165) is 53.9 Å². The maximum atomic E-state index is 12.9. The number of hydrogen-bond acceptors (Lipinski definition) is 3. The lowest BCUT2D eigenvalue weighted by molar-refractivity contribution is -0.139. The molecule has 2 heterocycles. The topological polar surface area (TPSA) is 42.4 Å². The summed E-state index contributed by atoms with van der Waals surface area (Å²) in [6, 6.07) is 15.6. The van der Waals surface area contributed by atoms with Crippen molar-refractivity contribution in [1.29, 1.82) is 0 Å². The number of piperidine rings is 1. The van der Waals surface area contributed by atoms with Crippen LogP contribution in [0.1, 0.15) is 39.5 Å². The maximum absolute atomic E-state index is 12.9. The Bertz CT molecular complexity index is 1060. The van der Waals surface area contributed by atoms with Crippen LogP contribution < -0.4 is 4.74 Å². The fourth-order valence-corrected chi connectivity index (χ4v) is 4.72. The molecule has 1 unspecified atom stereocenters. The lowest BCUT2D eigenvalue weighted by Gasteiger charge is -2.33. The predicted octanol–water partition coefficient (Wildman–Crippen LogP) is 6.36. The van der Waals surface area contributed by atoms with Gasteiger partial charge in [-0.2, -0.15) is 0 Å². The minimum Gasteiger partial charge on any atom is -0.481 e. The summed E-state index contributed by atoms with van der Waals surface area (Å²) < 4.78 is 6.02. The molecule has 5 heteroatoms. The number of rotatable bonds is 6. The number of benzene rings is 2. The van der Waals surface area contributed by atoms with Gasteiger partial charge in [0.15, 0.2) is 6.10 Å². The number of pyridine rings is 1. The molecule has 0 radical (unpaired) electrons. The Labute approximate surface area is 189 Å². The second-order valence-electron chi connectivity index (χ2n) is 8.33. The third-order valence-corrected chi connectivity index (χ3v) is 6.49. The van der Waals surface area contributed by atoms with E-state index in [0.29, 0.717) is 10.8 Å². The number of carbonyl (C=O) groups is 1. The summed E-state index contributed by atoms with van der Waals surface area (Å²) in [6.07, 6.45) is 5.92. The van der Waals surface area contributed by atoms with Crippen molar-refractivity contribution in [2.45, 2.75) is 45.6 Å². The van der Waals surface area contributed by atoms with Crippen LogP contribution in [0.15, 0.2) is 54.7 Å². The predicted molar refractivity (Wildman–Crippen MR) is 126 cm³/mol. The van der Waals surface area contributed by atoms with Crippen molar-refractivity contribution in [3.05, 3.63) is 59.8 Å². The highest BCUT2D eigenvalue weighted by atomic mass is 35.5. The molecular weight excluding hydrogens is 408 g/mol. The number of hydrogen-bond donors (Lipinski definition) is 0. The van der Waals surface area contributed by atoms with Crippen LogP contribution in [0.2, 0.25) is 5.02 Å². The smallest absolute Gasteiger partial charge is 0.263 e. The Hall–Kier alpha value is -2.59. The highest BCUT2D eigenvalue weighted by Gasteiger charge is 2.26. The van der Waals surface area contributed by atoms with Crippen molar-refractivity contribution in [3.63, 3.8) is 0 Å². The lowest BCUT2D eigenvalue weighted by Crippen LogP contribution is -2.44. The van der Waals surface area contributed by atoms with Gasteiger partial charge in [-0.05, 0) is 55.5 Å². The highest BCUT2D eigenvalue weighted by Crippen LogP contribution is 2.34. The Morgan fingerprint density at radius 1 is 1.16 bits per heavy atom. The molecular formula is C26H29ClN2O2. The number of amides is 1. The molecule has 1 saturated heterocycles. The Balaban J connectivity index is 1.48. The molecule has 0 N–H and O–H groups in total. The normalized spacial score (nSPS) is 15.8. The largest absolute Gasteiger partial charge is 0.481 e. The van der Waals surface area contributed by atoms with Gasteiger partial charge in [0, 0.05) is 41.3 Å². The van der Waals surface area contributed by atoms with E-state index in [1.54, 1.807) is 6.20 Å². The van der Waals surface area contributed by atoms with Gasteiger partial charge in [-0.1, -0.05) is 49.6 Å². The summed E-state index contributed by atoms with van der Waals surface area (Å²) >= 11 is 6.41. The van der Waals surface area contributed by atoms with E-state index < -0.39 is 6.10 Å². The van der Waals surface area contributed by atoms with Gasteiger partial charge >= 0.3 is 0 Å². The van der Waals surface area contributed by atoms with Gasteiger partial charge in [-0.3, -0.25) is 9.78 Å². The molecule has 4 rings (SSSR count). The first kappa shape index (κ1) is 21.6. The van der Waals surface area contributed by atoms with Crippen LogP contribution >= 0.6 is 11.6 Å². The number of likely N-dealkylation sites (tertiary alicyclic amines) is 1. The van der Waals surface area contributed by atoms with Crippen molar-refractivity contribution in [3.8, 4) is 16.9 Å². The summed E-state index contributed by atoms with van der Waals surface area (Å²) in [5, 5.41) is 1.71. The van der Waals surface area contributed by atoms with E-state index in [1.165, 1.54) is 12.8 Å². The van der Waals surface area contributed by atoms with Crippen LogP contribution in [0.5, 0.6) is 5.75 Å². The van der Waals surface area contributed by atoms with Gasteiger partial charge in [-0.25, -0.2) is 0 Å². The summed E-state index contributed by atoms with van der Waals surface area (Å²) in [5.74, 6) is 1.47. The third-order valence-electron chi connectivity index (χ3n) is 6.16. The lowest BCUT2D eigenvalue weighted by atomic mass is 9.92. The summed E-state index contributed by atoms with van der Waals surface area (Å²) in [7, 11) is 0. The average molecular weight is 437 g/mol.